The number of likely N-dealkylation sites (tertiary alicyclic amines) is 1. The van der Waals surface area contributed by atoms with E-state index in [1.807, 2.05) is 23.1 Å². The lowest BCUT2D eigenvalue weighted by molar-refractivity contribution is 0.0703. The van der Waals surface area contributed by atoms with Crippen LogP contribution in [0.4, 0.5) is 5.69 Å². The second kappa shape index (κ2) is 5.26. The van der Waals surface area contributed by atoms with Gasteiger partial charge in [-0.2, -0.15) is 0 Å². The first-order valence-corrected chi connectivity index (χ1v) is 8.03. The van der Waals surface area contributed by atoms with Gasteiger partial charge < -0.3 is 10.6 Å². The van der Waals surface area contributed by atoms with Crippen molar-refractivity contribution >= 4 is 44.6 Å². The summed E-state index contributed by atoms with van der Waals surface area (Å²) in [5.74, 6) is 0.750. The molecule has 0 atom stereocenters. The molecule has 1 aromatic heterocycles. The number of fused-ring (bicyclic) bond motifs is 1. The van der Waals surface area contributed by atoms with Crippen LogP contribution in [0.25, 0.3) is 10.1 Å². The molecule has 1 amide bonds. The van der Waals surface area contributed by atoms with Crippen molar-refractivity contribution in [1.82, 2.24) is 4.90 Å². The van der Waals surface area contributed by atoms with Crippen molar-refractivity contribution in [2.45, 2.75) is 19.8 Å². The molecule has 0 saturated carbocycles. The Bertz CT molecular complexity index is 659. The van der Waals surface area contributed by atoms with E-state index in [4.69, 9.17) is 17.3 Å². The van der Waals surface area contributed by atoms with Crippen molar-refractivity contribution in [3.63, 3.8) is 0 Å². The first-order chi connectivity index (χ1) is 9.58. The minimum Gasteiger partial charge on any atom is -0.397 e. The zero-order chi connectivity index (χ0) is 14.3. The fraction of sp³-hybridized carbons (Fsp3) is 0.400. The molecule has 1 saturated heterocycles. The molecule has 20 heavy (non-hydrogen) atoms. The lowest BCUT2D eigenvalue weighted by Crippen LogP contribution is -2.37. The molecule has 0 radical (unpaired) electrons. The summed E-state index contributed by atoms with van der Waals surface area (Å²) in [4.78, 5) is 15.2. The van der Waals surface area contributed by atoms with Crippen molar-refractivity contribution in [2.24, 2.45) is 5.92 Å². The highest BCUT2D eigenvalue weighted by atomic mass is 35.5. The van der Waals surface area contributed by atoms with E-state index < -0.39 is 0 Å². The topological polar surface area (TPSA) is 46.3 Å². The minimum absolute atomic E-state index is 0.0478. The number of piperidine rings is 1. The summed E-state index contributed by atoms with van der Waals surface area (Å²) >= 11 is 7.63. The summed E-state index contributed by atoms with van der Waals surface area (Å²) in [7, 11) is 0. The van der Waals surface area contributed by atoms with Crippen molar-refractivity contribution in [3.05, 3.63) is 28.1 Å². The number of hydrogen-bond donors (Lipinski definition) is 1. The van der Waals surface area contributed by atoms with Crippen LogP contribution >= 0.6 is 22.9 Å². The van der Waals surface area contributed by atoms with E-state index in [1.165, 1.54) is 11.3 Å². The zero-order valence-corrected chi connectivity index (χ0v) is 12.9. The average Bonchev–Trinajstić information content (AvgIpc) is 2.77. The highest BCUT2D eigenvalue weighted by Crippen LogP contribution is 2.38. The largest absolute Gasteiger partial charge is 0.397 e. The Hall–Kier alpha value is -1.26. The molecule has 2 aromatic rings. The number of nitrogen functional groups attached to an aromatic ring is 1. The molecule has 5 heteroatoms. The Kier molecular flexibility index (Phi) is 3.61. The summed E-state index contributed by atoms with van der Waals surface area (Å²) in [6.45, 7) is 3.87. The summed E-state index contributed by atoms with van der Waals surface area (Å²) in [6.07, 6.45) is 2.13. The maximum Gasteiger partial charge on any atom is 0.266 e. The molecule has 1 aromatic carbocycles. The molecule has 0 aliphatic carbocycles. The number of carbonyl (C=O) groups excluding carboxylic acids is 1. The molecule has 106 valence electrons. The standard InChI is InChI=1S/C15H17ClN2OS/c1-9-5-7-18(8-6-9)15(19)14-13(17)12-10(16)3-2-4-11(12)20-14/h2-4,9H,5-8,17H2,1H3. The Labute approximate surface area is 127 Å². The number of nitrogens with two attached hydrogens (primary N) is 1. The van der Waals surface area contributed by atoms with Crippen LogP contribution in [0.5, 0.6) is 0 Å². The van der Waals surface area contributed by atoms with Crippen LogP contribution in [-0.2, 0) is 0 Å². The van der Waals surface area contributed by atoms with Gasteiger partial charge in [0.1, 0.15) is 4.88 Å². The van der Waals surface area contributed by atoms with Crippen LogP contribution in [-0.4, -0.2) is 23.9 Å². The van der Waals surface area contributed by atoms with E-state index in [9.17, 15) is 4.79 Å². The molecule has 1 fully saturated rings. The normalized spacial score (nSPS) is 16.8. The average molecular weight is 309 g/mol. The minimum atomic E-state index is 0.0478. The van der Waals surface area contributed by atoms with E-state index in [2.05, 4.69) is 6.92 Å². The Balaban J connectivity index is 1.96. The van der Waals surface area contributed by atoms with E-state index in [0.29, 0.717) is 21.5 Å². The van der Waals surface area contributed by atoms with Gasteiger partial charge in [0.2, 0.25) is 0 Å². The predicted octanol–water partition coefficient (Wildman–Crippen LogP) is 4.01. The number of benzene rings is 1. The van der Waals surface area contributed by atoms with Gasteiger partial charge in [0.15, 0.2) is 0 Å². The van der Waals surface area contributed by atoms with Gasteiger partial charge >= 0.3 is 0 Å². The zero-order valence-electron chi connectivity index (χ0n) is 11.4. The molecule has 0 unspecified atom stereocenters. The van der Waals surface area contributed by atoms with Crippen LogP contribution in [0.1, 0.15) is 29.4 Å². The molecule has 1 aliphatic heterocycles. The lowest BCUT2D eigenvalue weighted by Gasteiger charge is -2.30. The molecule has 3 rings (SSSR count). The van der Waals surface area contributed by atoms with Gasteiger partial charge in [0, 0.05) is 23.2 Å². The number of halogens is 1. The monoisotopic (exact) mass is 308 g/mol. The molecular formula is C15H17ClN2OS. The molecule has 2 heterocycles. The van der Waals surface area contributed by atoms with Crippen LogP contribution in [0.3, 0.4) is 0 Å². The highest BCUT2D eigenvalue weighted by molar-refractivity contribution is 7.21. The maximum atomic E-state index is 12.6. The fourth-order valence-electron chi connectivity index (χ4n) is 2.64. The highest BCUT2D eigenvalue weighted by Gasteiger charge is 2.25. The fourth-order valence-corrected chi connectivity index (χ4v) is 4.09. The van der Waals surface area contributed by atoms with Gasteiger partial charge in [-0.25, -0.2) is 0 Å². The van der Waals surface area contributed by atoms with Gasteiger partial charge in [0.05, 0.1) is 10.7 Å². The molecule has 1 aliphatic rings. The van der Waals surface area contributed by atoms with Gasteiger partial charge in [-0.05, 0) is 30.9 Å². The summed E-state index contributed by atoms with van der Waals surface area (Å²) < 4.78 is 0.976. The van der Waals surface area contributed by atoms with Crippen molar-refractivity contribution in [2.75, 3.05) is 18.8 Å². The number of amides is 1. The predicted molar refractivity (Wildman–Crippen MR) is 85.5 cm³/mol. The molecule has 0 bridgehead atoms. The summed E-state index contributed by atoms with van der Waals surface area (Å²) in [5, 5.41) is 1.43. The van der Waals surface area contributed by atoms with Gasteiger partial charge in [0.25, 0.3) is 5.91 Å². The van der Waals surface area contributed by atoms with Crippen LogP contribution in [0.15, 0.2) is 18.2 Å². The first-order valence-electron chi connectivity index (χ1n) is 6.83. The number of carbonyl (C=O) groups is 1. The Morgan fingerprint density at radius 1 is 1.40 bits per heavy atom. The third-order valence-corrected chi connectivity index (χ3v) is 5.44. The van der Waals surface area contributed by atoms with Crippen molar-refractivity contribution in [1.29, 1.82) is 0 Å². The first kappa shape index (κ1) is 13.7. The van der Waals surface area contributed by atoms with Crippen LogP contribution in [0, 0.1) is 5.92 Å². The van der Waals surface area contributed by atoms with Crippen molar-refractivity contribution < 1.29 is 4.79 Å². The third-order valence-electron chi connectivity index (χ3n) is 3.97. The number of nitrogens with zero attached hydrogens (tertiary/aromatic N) is 1. The number of hydrogen-bond acceptors (Lipinski definition) is 3. The summed E-state index contributed by atoms with van der Waals surface area (Å²) in [6, 6.07) is 5.65. The van der Waals surface area contributed by atoms with Crippen molar-refractivity contribution in [3.8, 4) is 0 Å². The number of thiophene rings is 1. The second-order valence-corrected chi connectivity index (χ2v) is 6.89. The molecule has 3 nitrogen and oxygen atoms in total. The smallest absolute Gasteiger partial charge is 0.266 e. The third kappa shape index (κ3) is 2.27. The van der Waals surface area contributed by atoms with Gasteiger partial charge in [-0.15, -0.1) is 11.3 Å². The Morgan fingerprint density at radius 3 is 2.75 bits per heavy atom. The van der Waals surface area contributed by atoms with Gasteiger partial charge in [-0.1, -0.05) is 24.6 Å². The number of rotatable bonds is 1. The lowest BCUT2D eigenvalue weighted by atomic mass is 9.99. The molecular weight excluding hydrogens is 292 g/mol. The van der Waals surface area contributed by atoms with E-state index >= 15 is 0 Å². The van der Waals surface area contributed by atoms with Crippen LogP contribution < -0.4 is 5.73 Å². The van der Waals surface area contributed by atoms with E-state index in [-0.39, 0.29) is 5.91 Å². The SMILES string of the molecule is CC1CCN(C(=O)c2sc3cccc(Cl)c3c2N)CC1. The van der Waals surface area contributed by atoms with Gasteiger partial charge in [-0.3, -0.25) is 4.79 Å². The Morgan fingerprint density at radius 2 is 2.10 bits per heavy atom. The number of anilines is 1. The van der Waals surface area contributed by atoms with Crippen LogP contribution in [0.2, 0.25) is 5.02 Å². The summed E-state index contributed by atoms with van der Waals surface area (Å²) in [5.41, 5.74) is 6.68. The molecule has 2 N–H and O–H groups in total. The van der Waals surface area contributed by atoms with E-state index in [0.717, 1.165) is 36.0 Å². The maximum absolute atomic E-state index is 12.6. The quantitative estimate of drug-likeness (QED) is 0.865. The second-order valence-electron chi connectivity index (χ2n) is 5.43. The van der Waals surface area contributed by atoms with E-state index in [1.54, 1.807) is 0 Å². The molecule has 0 spiro atoms.